The van der Waals surface area contributed by atoms with Crippen LogP contribution < -0.4 is 0 Å². The van der Waals surface area contributed by atoms with Crippen LogP contribution in [0.15, 0.2) is 133 Å². The van der Waals surface area contributed by atoms with Gasteiger partial charge in [0.2, 0.25) is 0 Å². The van der Waals surface area contributed by atoms with Gasteiger partial charge in [-0.2, -0.15) is 0 Å². The van der Waals surface area contributed by atoms with E-state index < -0.39 is 0 Å². The van der Waals surface area contributed by atoms with Crippen molar-refractivity contribution < 1.29 is 0 Å². The Hall–Kier alpha value is -4.50. The van der Waals surface area contributed by atoms with Crippen LogP contribution >= 0.6 is 22.7 Å². The van der Waals surface area contributed by atoms with E-state index in [9.17, 15) is 0 Å². The Morgan fingerprint density at radius 3 is 1.73 bits per heavy atom. The molecule has 0 fully saturated rings. The van der Waals surface area contributed by atoms with E-state index in [0.717, 1.165) is 0 Å². The Balaban J connectivity index is 1.52. The molecule has 0 atom stereocenters. The molecule has 0 aliphatic rings. The second kappa shape index (κ2) is 8.50. The number of thiophene rings is 2. The summed E-state index contributed by atoms with van der Waals surface area (Å²) in [5, 5.41) is 14.1. The molecular formula is C38H22S2. The van der Waals surface area contributed by atoms with Crippen LogP contribution in [-0.2, 0) is 0 Å². The highest BCUT2D eigenvalue weighted by Crippen LogP contribution is 2.51. The van der Waals surface area contributed by atoms with Crippen molar-refractivity contribution in [2.75, 3.05) is 0 Å². The van der Waals surface area contributed by atoms with Crippen LogP contribution in [0.2, 0.25) is 0 Å². The molecule has 0 spiro atoms. The predicted octanol–water partition coefficient (Wildman–Crippen LogP) is 12.1. The van der Waals surface area contributed by atoms with Crippen LogP contribution in [0.1, 0.15) is 0 Å². The zero-order chi connectivity index (χ0) is 26.2. The molecule has 0 nitrogen and oxygen atoms in total. The standard InChI is InChI=1S/C38H22S2/c1-2-12-24-23(10-1)11-9-18-26(24)35-27-14-3-5-16-29(27)36(30-17-6-4-15-28(30)35)37-31-20-21-39-34(31)22-32-25-13-7-8-19-33(25)40-38(32)37/h1-22H. The first kappa shape index (κ1) is 22.3. The molecule has 2 heterocycles. The number of benzene rings is 7. The first-order valence-electron chi connectivity index (χ1n) is 13.6. The van der Waals surface area contributed by atoms with E-state index in [0.29, 0.717) is 0 Å². The Labute approximate surface area is 239 Å². The van der Waals surface area contributed by atoms with Gasteiger partial charge in [-0.1, -0.05) is 109 Å². The van der Waals surface area contributed by atoms with Crippen molar-refractivity contribution in [2.45, 2.75) is 0 Å². The minimum atomic E-state index is 1.27. The molecule has 0 N–H and O–H groups in total. The maximum atomic E-state index is 2.41. The molecule has 0 amide bonds. The highest BCUT2D eigenvalue weighted by atomic mass is 32.1. The van der Waals surface area contributed by atoms with Crippen LogP contribution in [0.5, 0.6) is 0 Å². The van der Waals surface area contributed by atoms with E-state index in [4.69, 9.17) is 0 Å². The molecule has 0 radical (unpaired) electrons. The first-order chi connectivity index (χ1) is 19.9. The average Bonchev–Trinajstić information content (AvgIpc) is 3.63. The topological polar surface area (TPSA) is 0 Å². The largest absolute Gasteiger partial charge is 0.144 e. The third-order valence-electron chi connectivity index (χ3n) is 8.34. The van der Waals surface area contributed by atoms with E-state index in [1.165, 1.54) is 84.8 Å². The van der Waals surface area contributed by atoms with E-state index in [-0.39, 0.29) is 0 Å². The summed E-state index contributed by atoms with van der Waals surface area (Å²) in [4.78, 5) is 0. The lowest BCUT2D eigenvalue weighted by Crippen LogP contribution is -1.92. The lowest BCUT2D eigenvalue weighted by Gasteiger charge is -2.19. The number of fused-ring (bicyclic) bond motifs is 7. The summed E-state index contributed by atoms with van der Waals surface area (Å²) in [7, 11) is 0. The van der Waals surface area contributed by atoms with Crippen molar-refractivity contribution in [1.29, 1.82) is 0 Å². The van der Waals surface area contributed by atoms with Crippen LogP contribution in [0.4, 0.5) is 0 Å². The quantitative estimate of drug-likeness (QED) is 0.191. The number of hydrogen-bond acceptors (Lipinski definition) is 2. The smallest absolute Gasteiger partial charge is 0.0441 e. The van der Waals surface area contributed by atoms with E-state index in [2.05, 4.69) is 133 Å². The third kappa shape index (κ3) is 3.06. The van der Waals surface area contributed by atoms with Gasteiger partial charge < -0.3 is 0 Å². The van der Waals surface area contributed by atoms with Gasteiger partial charge in [0.15, 0.2) is 0 Å². The minimum absolute atomic E-state index is 1.27. The SMILES string of the molecule is c1ccc2c(-c3c4ccccc4c(-c4c5ccsc5cc5c4sc4ccccc45)c4ccccc34)cccc2c1. The Bertz CT molecular complexity index is 2370. The van der Waals surface area contributed by atoms with Gasteiger partial charge in [-0.3, -0.25) is 0 Å². The van der Waals surface area contributed by atoms with E-state index >= 15 is 0 Å². The molecule has 2 aromatic heterocycles. The first-order valence-corrected chi connectivity index (χ1v) is 15.3. The van der Waals surface area contributed by atoms with Crippen molar-refractivity contribution in [3.63, 3.8) is 0 Å². The fourth-order valence-corrected chi connectivity index (χ4v) is 8.75. The lowest BCUT2D eigenvalue weighted by atomic mass is 9.84. The molecule has 0 bridgehead atoms. The number of hydrogen-bond donors (Lipinski definition) is 0. The summed E-state index contributed by atoms with van der Waals surface area (Å²) < 4.78 is 4.06. The van der Waals surface area contributed by atoms with Gasteiger partial charge in [0.1, 0.15) is 0 Å². The molecule has 40 heavy (non-hydrogen) atoms. The van der Waals surface area contributed by atoms with E-state index in [1.807, 2.05) is 22.7 Å². The Morgan fingerprint density at radius 1 is 0.375 bits per heavy atom. The van der Waals surface area contributed by atoms with Gasteiger partial charge >= 0.3 is 0 Å². The van der Waals surface area contributed by atoms with Gasteiger partial charge in [0, 0.05) is 35.8 Å². The second-order valence-electron chi connectivity index (χ2n) is 10.4. The summed E-state index contributed by atoms with van der Waals surface area (Å²) in [6.45, 7) is 0. The normalized spacial score (nSPS) is 12.0. The zero-order valence-electron chi connectivity index (χ0n) is 21.5. The van der Waals surface area contributed by atoms with Crippen molar-refractivity contribution in [3.05, 3.63) is 133 Å². The fraction of sp³-hybridized carbons (Fsp3) is 0. The highest BCUT2D eigenvalue weighted by Gasteiger charge is 2.22. The van der Waals surface area contributed by atoms with Crippen molar-refractivity contribution >= 4 is 85.2 Å². The van der Waals surface area contributed by atoms with Gasteiger partial charge in [-0.15, -0.1) is 22.7 Å². The molecule has 0 saturated carbocycles. The molecule has 2 heteroatoms. The molecular weight excluding hydrogens is 521 g/mol. The molecule has 0 saturated heterocycles. The monoisotopic (exact) mass is 542 g/mol. The van der Waals surface area contributed by atoms with Crippen LogP contribution in [0.3, 0.4) is 0 Å². The maximum absolute atomic E-state index is 2.41. The number of rotatable bonds is 2. The van der Waals surface area contributed by atoms with Crippen molar-refractivity contribution in [1.82, 2.24) is 0 Å². The lowest BCUT2D eigenvalue weighted by molar-refractivity contribution is 1.70. The van der Waals surface area contributed by atoms with Crippen molar-refractivity contribution in [3.8, 4) is 22.3 Å². The van der Waals surface area contributed by atoms with Crippen LogP contribution in [0, 0.1) is 0 Å². The van der Waals surface area contributed by atoms with E-state index in [1.54, 1.807) is 0 Å². The highest BCUT2D eigenvalue weighted by molar-refractivity contribution is 7.26. The molecule has 0 aliphatic heterocycles. The summed E-state index contributed by atoms with van der Waals surface area (Å²) in [5.41, 5.74) is 5.32. The van der Waals surface area contributed by atoms with Gasteiger partial charge in [-0.05, 0) is 72.6 Å². The summed E-state index contributed by atoms with van der Waals surface area (Å²) in [6, 6.07) is 47.1. The maximum Gasteiger partial charge on any atom is 0.0441 e. The predicted molar refractivity (Wildman–Crippen MR) is 178 cm³/mol. The zero-order valence-corrected chi connectivity index (χ0v) is 23.2. The van der Waals surface area contributed by atoms with Crippen molar-refractivity contribution in [2.24, 2.45) is 0 Å². The average molecular weight is 543 g/mol. The molecule has 9 rings (SSSR count). The Kier molecular flexibility index (Phi) is 4.74. The summed E-state index contributed by atoms with van der Waals surface area (Å²) in [5.74, 6) is 0. The van der Waals surface area contributed by atoms with Crippen LogP contribution in [0.25, 0.3) is 84.8 Å². The molecule has 7 aromatic carbocycles. The summed E-state index contributed by atoms with van der Waals surface area (Å²) in [6.07, 6.45) is 0. The Morgan fingerprint density at radius 2 is 0.975 bits per heavy atom. The van der Waals surface area contributed by atoms with Gasteiger partial charge in [0.05, 0.1) is 0 Å². The minimum Gasteiger partial charge on any atom is -0.144 e. The fourth-order valence-electron chi connectivity index (χ4n) is 6.67. The molecule has 0 unspecified atom stereocenters. The van der Waals surface area contributed by atoms with Gasteiger partial charge in [-0.25, -0.2) is 0 Å². The second-order valence-corrected chi connectivity index (χ2v) is 12.4. The molecule has 9 aromatic rings. The summed E-state index contributed by atoms with van der Waals surface area (Å²) >= 11 is 3.77. The molecule has 0 aliphatic carbocycles. The van der Waals surface area contributed by atoms with Gasteiger partial charge in [0.25, 0.3) is 0 Å². The third-order valence-corrected chi connectivity index (χ3v) is 10.4. The molecule has 186 valence electrons. The van der Waals surface area contributed by atoms with Crippen LogP contribution in [-0.4, -0.2) is 0 Å².